The maximum atomic E-state index is 12.4. The van der Waals surface area contributed by atoms with E-state index in [0.29, 0.717) is 32.5 Å². The first-order chi connectivity index (χ1) is 10.2. The molecule has 1 saturated heterocycles. The molecule has 2 heterocycles. The number of nitrogens with zero attached hydrogens (tertiary/aromatic N) is 1. The number of para-hydroxylation sites is 1. The number of hydrogen-bond acceptors (Lipinski definition) is 2. The van der Waals surface area contributed by atoms with Crippen LogP contribution in [0.2, 0.25) is 0 Å². The molecule has 1 fully saturated rings. The Morgan fingerprint density at radius 1 is 1.33 bits per heavy atom. The zero-order valence-electron chi connectivity index (χ0n) is 12.3. The van der Waals surface area contributed by atoms with Gasteiger partial charge in [0.05, 0.1) is 5.41 Å². The number of nitrogens with one attached hydrogen (secondary N) is 2. The van der Waals surface area contributed by atoms with E-state index in [1.54, 1.807) is 0 Å². The average Bonchev–Trinajstić information content (AvgIpc) is 2.78. The van der Waals surface area contributed by atoms with Crippen LogP contribution >= 0.6 is 0 Å². The van der Waals surface area contributed by atoms with E-state index < -0.39 is 5.41 Å². The van der Waals surface area contributed by atoms with Crippen molar-refractivity contribution in [2.45, 2.75) is 31.6 Å². The molecule has 0 aliphatic carbocycles. The van der Waals surface area contributed by atoms with Crippen molar-refractivity contribution >= 4 is 17.6 Å². The molecule has 3 rings (SSSR count). The number of piperidine rings is 1. The van der Waals surface area contributed by atoms with Gasteiger partial charge in [-0.2, -0.15) is 0 Å². The SMILES string of the molecule is CCCNC(=O)N1CCC2(CC1)C(=O)Nc1ccccc12. The molecule has 0 bridgehead atoms. The summed E-state index contributed by atoms with van der Waals surface area (Å²) in [6.45, 7) is 3.98. The smallest absolute Gasteiger partial charge is 0.317 e. The summed E-state index contributed by atoms with van der Waals surface area (Å²) in [6.07, 6.45) is 2.31. The van der Waals surface area contributed by atoms with Gasteiger partial charge in [0, 0.05) is 25.3 Å². The Kier molecular flexibility index (Phi) is 3.57. The van der Waals surface area contributed by atoms with Gasteiger partial charge in [-0.05, 0) is 30.9 Å². The fourth-order valence-corrected chi connectivity index (χ4v) is 3.31. The number of likely N-dealkylation sites (tertiary alicyclic amines) is 1. The Hall–Kier alpha value is -2.04. The minimum atomic E-state index is -0.446. The van der Waals surface area contributed by atoms with Crippen LogP contribution in [0.1, 0.15) is 31.7 Å². The minimum absolute atomic E-state index is 0.0154. The molecule has 0 radical (unpaired) electrons. The van der Waals surface area contributed by atoms with Gasteiger partial charge in [0.1, 0.15) is 0 Å². The van der Waals surface area contributed by atoms with Crippen LogP contribution in [0.4, 0.5) is 10.5 Å². The summed E-state index contributed by atoms with van der Waals surface area (Å²) in [5.41, 5.74) is 1.56. The first-order valence-corrected chi connectivity index (χ1v) is 7.61. The van der Waals surface area contributed by atoms with Gasteiger partial charge in [0.2, 0.25) is 5.91 Å². The van der Waals surface area contributed by atoms with Gasteiger partial charge in [-0.15, -0.1) is 0 Å². The predicted molar refractivity (Wildman–Crippen MR) is 81.2 cm³/mol. The lowest BCUT2D eigenvalue weighted by atomic mass is 9.74. The molecule has 1 aromatic carbocycles. The van der Waals surface area contributed by atoms with Gasteiger partial charge in [0.15, 0.2) is 0 Å². The van der Waals surface area contributed by atoms with Crippen molar-refractivity contribution in [1.29, 1.82) is 0 Å². The number of urea groups is 1. The third-order valence-electron chi connectivity index (χ3n) is 4.56. The summed E-state index contributed by atoms with van der Waals surface area (Å²) in [6, 6.07) is 7.87. The molecule has 2 aliphatic rings. The molecular weight excluding hydrogens is 266 g/mol. The summed E-state index contributed by atoms with van der Waals surface area (Å²) < 4.78 is 0. The number of rotatable bonds is 2. The molecule has 0 saturated carbocycles. The number of amides is 3. The lowest BCUT2D eigenvalue weighted by Gasteiger charge is -2.37. The highest BCUT2D eigenvalue weighted by Gasteiger charge is 2.48. The lowest BCUT2D eigenvalue weighted by molar-refractivity contribution is -0.122. The van der Waals surface area contributed by atoms with E-state index in [4.69, 9.17) is 0 Å². The molecule has 0 unspecified atom stereocenters. The van der Waals surface area contributed by atoms with Crippen LogP contribution in [0.5, 0.6) is 0 Å². The number of anilines is 1. The van der Waals surface area contributed by atoms with E-state index in [-0.39, 0.29) is 11.9 Å². The van der Waals surface area contributed by atoms with E-state index in [9.17, 15) is 9.59 Å². The second kappa shape index (κ2) is 5.39. The number of carbonyl (C=O) groups is 2. The monoisotopic (exact) mass is 287 g/mol. The zero-order valence-corrected chi connectivity index (χ0v) is 12.3. The van der Waals surface area contributed by atoms with E-state index in [2.05, 4.69) is 10.6 Å². The third kappa shape index (κ3) is 2.26. The maximum Gasteiger partial charge on any atom is 0.317 e. The van der Waals surface area contributed by atoms with Crippen LogP contribution < -0.4 is 10.6 Å². The van der Waals surface area contributed by atoms with E-state index in [1.807, 2.05) is 36.1 Å². The number of fused-ring (bicyclic) bond motifs is 2. The van der Waals surface area contributed by atoms with Crippen molar-refractivity contribution in [2.24, 2.45) is 0 Å². The van der Waals surface area contributed by atoms with Crippen molar-refractivity contribution in [3.05, 3.63) is 29.8 Å². The van der Waals surface area contributed by atoms with Crippen LogP contribution in [0.15, 0.2) is 24.3 Å². The maximum absolute atomic E-state index is 12.4. The van der Waals surface area contributed by atoms with Gasteiger partial charge in [-0.3, -0.25) is 4.79 Å². The molecule has 0 aromatic heterocycles. The molecule has 2 N–H and O–H groups in total. The van der Waals surface area contributed by atoms with Gasteiger partial charge in [-0.25, -0.2) is 4.79 Å². The Balaban J connectivity index is 1.73. The van der Waals surface area contributed by atoms with E-state index >= 15 is 0 Å². The van der Waals surface area contributed by atoms with Crippen LogP contribution in [0.25, 0.3) is 0 Å². The topological polar surface area (TPSA) is 61.4 Å². The first kappa shape index (κ1) is 13.9. The normalized spacial score (nSPS) is 19.3. The fourth-order valence-electron chi connectivity index (χ4n) is 3.31. The van der Waals surface area contributed by atoms with Crippen LogP contribution in [0, 0.1) is 0 Å². The molecule has 3 amide bonds. The Morgan fingerprint density at radius 2 is 2.05 bits per heavy atom. The Labute approximate surface area is 124 Å². The Morgan fingerprint density at radius 3 is 2.76 bits per heavy atom. The molecule has 5 nitrogen and oxygen atoms in total. The van der Waals surface area contributed by atoms with Crippen molar-refractivity contribution in [3.63, 3.8) is 0 Å². The standard InChI is InChI=1S/C16H21N3O2/c1-2-9-17-15(21)19-10-7-16(8-11-19)12-5-3-4-6-13(12)18-14(16)20/h3-6H,2,7-11H2,1H3,(H,17,21)(H,18,20). The number of hydrogen-bond donors (Lipinski definition) is 2. The molecular formula is C16H21N3O2. The van der Waals surface area contributed by atoms with Crippen LogP contribution in [-0.2, 0) is 10.2 Å². The lowest BCUT2D eigenvalue weighted by Crippen LogP contribution is -2.51. The molecule has 2 aliphatic heterocycles. The molecule has 112 valence electrons. The second-order valence-corrected chi connectivity index (χ2v) is 5.80. The van der Waals surface area contributed by atoms with Crippen molar-refractivity contribution in [3.8, 4) is 0 Å². The molecule has 5 heteroatoms. The van der Waals surface area contributed by atoms with E-state index in [0.717, 1.165) is 17.7 Å². The number of carbonyl (C=O) groups excluding carboxylic acids is 2. The largest absolute Gasteiger partial charge is 0.338 e. The summed E-state index contributed by atoms with van der Waals surface area (Å²) in [7, 11) is 0. The zero-order chi connectivity index (χ0) is 14.9. The summed E-state index contributed by atoms with van der Waals surface area (Å²) >= 11 is 0. The van der Waals surface area contributed by atoms with Gasteiger partial charge in [0.25, 0.3) is 0 Å². The molecule has 1 spiro atoms. The summed E-state index contributed by atoms with van der Waals surface area (Å²) in [4.78, 5) is 26.2. The third-order valence-corrected chi connectivity index (χ3v) is 4.56. The van der Waals surface area contributed by atoms with Crippen molar-refractivity contribution < 1.29 is 9.59 Å². The second-order valence-electron chi connectivity index (χ2n) is 5.80. The quantitative estimate of drug-likeness (QED) is 0.875. The van der Waals surface area contributed by atoms with Crippen molar-refractivity contribution in [1.82, 2.24) is 10.2 Å². The highest BCUT2D eigenvalue weighted by atomic mass is 16.2. The molecule has 1 aromatic rings. The first-order valence-electron chi connectivity index (χ1n) is 7.61. The summed E-state index contributed by atoms with van der Waals surface area (Å²) in [5, 5.41) is 5.88. The van der Waals surface area contributed by atoms with Gasteiger partial charge < -0.3 is 15.5 Å². The van der Waals surface area contributed by atoms with Gasteiger partial charge >= 0.3 is 6.03 Å². The van der Waals surface area contributed by atoms with Crippen LogP contribution in [0.3, 0.4) is 0 Å². The number of benzene rings is 1. The fraction of sp³-hybridized carbons (Fsp3) is 0.500. The summed E-state index contributed by atoms with van der Waals surface area (Å²) in [5.74, 6) is 0.0808. The Bertz CT molecular complexity index is 562. The average molecular weight is 287 g/mol. The van der Waals surface area contributed by atoms with Gasteiger partial charge in [-0.1, -0.05) is 25.1 Å². The van der Waals surface area contributed by atoms with Crippen LogP contribution in [-0.4, -0.2) is 36.5 Å². The highest BCUT2D eigenvalue weighted by molar-refractivity contribution is 6.06. The minimum Gasteiger partial charge on any atom is -0.338 e. The van der Waals surface area contributed by atoms with E-state index in [1.165, 1.54) is 0 Å². The highest BCUT2D eigenvalue weighted by Crippen LogP contribution is 2.44. The predicted octanol–water partition coefficient (Wildman–Crippen LogP) is 2.09. The molecule has 0 atom stereocenters. The van der Waals surface area contributed by atoms with Crippen molar-refractivity contribution in [2.75, 3.05) is 25.0 Å². The molecule has 21 heavy (non-hydrogen) atoms.